The highest BCUT2D eigenvalue weighted by molar-refractivity contribution is 9.10. The highest BCUT2D eigenvalue weighted by Crippen LogP contribution is 2.40. The molecule has 1 saturated heterocycles. The molecule has 0 saturated carbocycles. The van der Waals surface area contributed by atoms with Gasteiger partial charge in [-0.3, -0.25) is 9.48 Å². The van der Waals surface area contributed by atoms with Crippen molar-refractivity contribution in [3.63, 3.8) is 0 Å². The Balaban J connectivity index is 1.65. The molecule has 9 nitrogen and oxygen atoms in total. The number of benzene rings is 1. The number of ether oxygens (including phenoxy) is 1. The summed E-state index contributed by atoms with van der Waals surface area (Å²) in [5.41, 5.74) is 3.03. The summed E-state index contributed by atoms with van der Waals surface area (Å²) in [6, 6.07) is 6.20. The van der Waals surface area contributed by atoms with Crippen LogP contribution in [0.25, 0.3) is 11.0 Å². The van der Waals surface area contributed by atoms with E-state index in [1.807, 2.05) is 29.1 Å². The Labute approximate surface area is 201 Å². The van der Waals surface area contributed by atoms with Gasteiger partial charge in [-0.1, -0.05) is 15.9 Å². The van der Waals surface area contributed by atoms with Crippen molar-refractivity contribution in [3.8, 4) is 0 Å². The van der Waals surface area contributed by atoms with E-state index in [1.54, 1.807) is 7.11 Å². The van der Waals surface area contributed by atoms with Crippen LogP contribution in [0.5, 0.6) is 0 Å². The number of carbonyl (C=O) groups excluding carboxylic acids is 1. The predicted octanol–water partition coefficient (Wildman–Crippen LogP) is 2.90. The van der Waals surface area contributed by atoms with E-state index in [-0.39, 0.29) is 5.91 Å². The average Bonchev–Trinajstić information content (AvgIpc) is 3.38. The number of nitrogens with one attached hydrogen (secondary N) is 2. The fourth-order valence-corrected chi connectivity index (χ4v) is 5.17. The predicted molar refractivity (Wildman–Crippen MR) is 131 cm³/mol. The van der Waals surface area contributed by atoms with E-state index in [2.05, 4.69) is 38.4 Å². The fraction of sp³-hybridized carbons (Fsp3) is 0.478. The van der Waals surface area contributed by atoms with Crippen molar-refractivity contribution in [1.82, 2.24) is 25.1 Å². The van der Waals surface area contributed by atoms with Gasteiger partial charge in [0.2, 0.25) is 11.9 Å². The highest BCUT2D eigenvalue weighted by atomic mass is 79.9. The highest BCUT2D eigenvalue weighted by Gasteiger charge is 2.36. The van der Waals surface area contributed by atoms with Gasteiger partial charge in [0, 0.05) is 36.1 Å². The van der Waals surface area contributed by atoms with E-state index in [9.17, 15) is 4.79 Å². The minimum absolute atomic E-state index is 0.0800. The van der Waals surface area contributed by atoms with Crippen molar-refractivity contribution in [1.29, 1.82) is 0 Å². The molecule has 1 amide bonds. The molecule has 2 N–H and O–H groups in total. The molecule has 1 aromatic carbocycles. The van der Waals surface area contributed by atoms with Crippen molar-refractivity contribution < 1.29 is 9.53 Å². The molecule has 2 aromatic heterocycles. The molecule has 1 unspecified atom stereocenters. The maximum Gasteiger partial charge on any atom is 0.238 e. The van der Waals surface area contributed by atoms with E-state index in [4.69, 9.17) is 19.8 Å². The number of fused-ring (bicyclic) bond motifs is 2. The van der Waals surface area contributed by atoms with Crippen LogP contribution in [0.2, 0.25) is 0 Å². The molecule has 2 aliphatic heterocycles. The summed E-state index contributed by atoms with van der Waals surface area (Å²) in [4.78, 5) is 25.3. The number of carbonyl (C=O) groups is 1. The first-order chi connectivity index (χ1) is 16.1. The van der Waals surface area contributed by atoms with Crippen LogP contribution >= 0.6 is 15.9 Å². The Morgan fingerprint density at radius 1 is 1.27 bits per heavy atom. The Kier molecular flexibility index (Phi) is 6.31. The summed E-state index contributed by atoms with van der Waals surface area (Å²) in [5, 5.41) is 11.9. The van der Waals surface area contributed by atoms with Crippen LogP contribution < -0.4 is 15.5 Å². The molecule has 0 radical (unpaired) electrons. The van der Waals surface area contributed by atoms with Gasteiger partial charge in [0.15, 0.2) is 5.65 Å². The molecule has 174 valence electrons. The first kappa shape index (κ1) is 22.2. The van der Waals surface area contributed by atoms with E-state index in [0.717, 1.165) is 53.6 Å². The lowest BCUT2D eigenvalue weighted by molar-refractivity contribution is -0.116. The zero-order valence-corrected chi connectivity index (χ0v) is 20.4. The van der Waals surface area contributed by atoms with E-state index < -0.39 is 5.92 Å². The second-order valence-electron chi connectivity index (χ2n) is 8.45. The molecule has 10 heteroatoms. The first-order valence-corrected chi connectivity index (χ1v) is 12.2. The maximum atomic E-state index is 13.2. The van der Waals surface area contributed by atoms with Gasteiger partial charge in [0.05, 0.1) is 24.2 Å². The number of halogens is 1. The van der Waals surface area contributed by atoms with Crippen molar-refractivity contribution in [2.45, 2.75) is 38.3 Å². The minimum atomic E-state index is -0.520. The van der Waals surface area contributed by atoms with E-state index in [1.165, 1.54) is 0 Å². The van der Waals surface area contributed by atoms with Gasteiger partial charge in [-0.05, 0) is 56.6 Å². The molecule has 4 heterocycles. The number of nitrogens with zero attached hydrogens (tertiary/aromatic N) is 5. The summed E-state index contributed by atoms with van der Waals surface area (Å²) >= 11 is 3.55. The second-order valence-corrected chi connectivity index (χ2v) is 9.37. The molecule has 1 atom stereocenters. The van der Waals surface area contributed by atoms with E-state index in [0.29, 0.717) is 36.5 Å². The van der Waals surface area contributed by atoms with Crippen molar-refractivity contribution >= 4 is 44.5 Å². The first-order valence-electron chi connectivity index (χ1n) is 11.4. The lowest BCUT2D eigenvalue weighted by atomic mass is 9.95. The lowest BCUT2D eigenvalue weighted by Crippen LogP contribution is -2.44. The lowest BCUT2D eigenvalue weighted by Gasteiger charge is -2.34. The third kappa shape index (κ3) is 4.22. The molecule has 1 fully saturated rings. The summed E-state index contributed by atoms with van der Waals surface area (Å²) in [6.45, 7) is 6.02. The van der Waals surface area contributed by atoms with Crippen LogP contribution in [0.1, 0.15) is 36.9 Å². The summed E-state index contributed by atoms with van der Waals surface area (Å²) < 4.78 is 7.98. The molecule has 5 rings (SSSR count). The van der Waals surface area contributed by atoms with Crippen LogP contribution in [-0.2, 0) is 16.1 Å². The van der Waals surface area contributed by atoms with Crippen LogP contribution in [0.15, 0.2) is 28.9 Å². The fourth-order valence-electron chi connectivity index (χ4n) is 4.80. The van der Waals surface area contributed by atoms with Gasteiger partial charge >= 0.3 is 0 Å². The molecule has 3 aromatic rings. The standard InChI is InChI=1S/C23H28BrN7O2/c1-3-31(15-6-8-25-9-7-15)23-27-20(17-13-30(10-11-33-2)29-21(17)28-23)19-16-12-14(24)4-5-18(16)26-22(19)32/h4-5,12-13,15,19,25H,3,6-11H2,1-2H3,(H,26,32). The normalized spacial score (nSPS) is 18.5. The summed E-state index contributed by atoms with van der Waals surface area (Å²) in [6.07, 6.45) is 4.00. The monoisotopic (exact) mass is 513 g/mol. The number of amides is 1. The number of aromatic nitrogens is 4. The second kappa shape index (κ2) is 9.36. The largest absolute Gasteiger partial charge is 0.383 e. The quantitative estimate of drug-likeness (QED) is 0.501. The number of piperidine rings is 1. The number of hydrogen-bond acceptors (Lipinski definition) is 7. The van der Waals surface area contributed by atoms with Crippen molar-refractivity contribution in [3.05, 3.63) is 40.1 Å². The van der Waals surface area contributed by atoms with Gasteiger partial charge in [0.25, 0.3) is 0 Å². The Hall–Kier alpha value is -2.56. The summed E-state index contributed by atoms with van der Waals surface area (Å²) in [5.74, 6) is 0.0392. The average molecular weight is 514 g/mol. The van der Waals surface area contributed by atoms with E-state index >= 15 is 0 Å². The van der Waals surface area contributed by atoms with Crippen molar-refractivity contribution in [2.24, 2.45) is 0 Å². The number of methoxy groups -OCH3 is 1. The molecule has 33 heavy (non-hydrogen) atoms. The van der Waals surface area contributed by atoms with Gasteiger partial charge in [-0.15, -0.1) is 0 Å². The Morgan fingerprint density at radius 3 is 2.85 bits per heavy atom. The third-order valence-corrected chi connectivity index (χ3v) is 6.93. The van der Waals surface area contributed by atoms with Crippen LogP contribution in [0, 0.1) is 0 Å². The topological polar surface area (TPSA) is 97.2 Å². The molecule has 0 aliphatic carbocycles. The summed E-state index contributed by atoms with van der Waals surface area (Å²) in [7, 11) is 1.67. The molecule has 2 aliphatic rings. The molecule has 0 spiro atoms. The maximum absolute atomic E-state index is 13.2. The van der Waals surface area contributed by atoms with Crippen LogP contribution in [0.4, 0.5) is 11.6 Å². The zero-order chi connectivity index (χ0) is 22.9. The smallest absolute Gasteiger partial charge is 0.238 e. The molecular formula is C23H28BrN7O2. The van der Waals surface area contributed by atoms with Gasteiger partial charge in [0.1, 0.15) is 5.92 Å². The SMILES string of the molecule is CCN(c1nc(C2C(=O)Nc3ccc(Br)cc32)c2cn(CCOC)nc2n1)C1CCNCC1. The van der Waals surface area contributed by atoms with Gasteiger partial charge in [-0.2, -0.15) is 10.1 Å². The van der Waals surface area contributed by atoms with Crippen LogP contribution in [0.3, 0.4) is 0 Å². The zero-order valence-electron chi connectivity index (χ0n) is 18.8. The van der Waals surface area contributed by atoms with Gasteiger partial charge in [-0.25, -0.2) is 4.98 Å². The Morgan fingerprint density at radius 2 is 2.09 bits per heavy atom. The van der Waals surface area contributed by atoms with Gasteiger partial charge < -0.3 is 20.3 Å². The minimum Gasteiger partial charge on any atom is -0.383 e. The number of hydrogen-bond donors (Lipinski definition) is 2. The molecule has 0 bridgehead atoms. The van der Waals surface area contributed by atoms with Crippen molar-refractivity contribution in [2.75, 3.05) is 43.6 Å². The number of rotatable bonds is 7. The number of anilines is 2. The Bertz CT molecular complexity index is 1180. The van der Waals surface area contributed by atoms with Crippen LogP contribution in [-0.4, -0.2) is 65.0 Å². The third-order valence-electron chi connectivity index (χ3n) is 6.43. The molecular weight excluding hydrogens is 486 g/mol.